The van der Waals surface area contributed by atoms with Crippen molar-refractivity contribution < 1.29 is 4.79 Å². The Kier molecular flexibility index (Phi) is 3.31. The van der Waals surface area contributed by atoms with E-state index in [4.69, 9.17) is 0 Å². The number of aryl methyl sites for hydroxylation is 2. The molecule has 0 radical (unpaired) electrons. The third kappa shape index (κ3) is 2.60. The largest absolute Gasteiger partial charge is 0.326 e. The average molecular weight is 265 g/mol. The van der Waals surface area contributed by atoms with Crippen LogP contribution in [0.5, 0.6) is 0 Å². The highest BCUT2D eigenvalue weighted by Gasteiger charge is 2.43. The molecule has 1 fully saturated rings. The standard InChI is InChI=1S/C18H19NO/c1-12-8-9-17(13(2)10-12)19-18(20)16-11-15(16)14-6-4-3-5-7-14/h3-10,15-16H,11H2,1-2H3,(H,19,20)/t15-,16+/m1/s1. The molecule has 1 amide bonds. The molecule has 0 heterocycles. The summed E-state index contributed by atoms with van der Waals surface area (Å²) in [5.74, 6) is 0.658. The average Bonchev–Trinajstić information content (AvgIpc) is 3.23. The molecule has 102 valence electrons. The van der Waals surface area contributed by atoms with Gasteiger partial charge in [0.15, 0.2) is 0 Å². The van der Waals surface area contributed by atoms with Crippen LogP contribution in [-0.4, -0.2) is 5.91 Å². The summed E-state index contributed by atoms with van der Waals surface area (Å²) >= 11 is 0. The lowest BCUT2D eigenvalue weighted by Gasteiger charge is -2.09. The van der Waals surface area contributed by atoms with Gasteiger partial charge in [0, 0.05) is 11.6 Å². The smallest absolute Gasteiger partial charge is 0.228 e. The second-order valence-electron chi connectivity index (χ2n) is 5.67. The number of carbonyl (C=O) groups excluding carboxylic acids is 1. The summed E-state index contributed by atoms with van der Waals surface area (Å²) in [6.45, 7) is 4.09. The molecule has 1 saturated carbocycles. The highest BCUT2D eigenvalue weighted by Crippen LogP contribution is 2.47. The van der Waals surface area contributed by atoms with Gasteiger partial charge in [-0.3, -0.25) is 4.79 Å². The van der Waals surface area contributed by atoms with Gasteiger partial charge < -0.3 is 5.32 Å². The van der Waals surface area contributed by atoms with Crippen LogP contribution in [0, 0.1) is 19.8 Å². The highest BCUT2D eigenvalue weighted by atomic mass is 16.2. The zero-order chi connectivity index (χ0) is 14.1. The molecule has 2 atom stereocenters. The van der Waals surface area contributed by atoms with Gasteiger partial charge in [0.05, 0.1) is 0 Å². The van der Waals surface area contributed by atoms with Crippen LogP contribution in [0.2, 0.25) is 0 Å². The molecule has 0 aliphatic heterocycles. The molecular formula is C18H19NO. The molecule has 0 saturated heterocycles. The van der Waals surface area contributed by atoms with Gasteiger partial charge in [0.2, 0.25) is 5.91 Å². The number of nitrogens with one attached hydrogen (secondary N) is 1. The summed E-state index contributed by atoms with van der Waals surface area (Å²) in [5.41, 5.74) is 4.54. The molecule has 1 N–H and O–H groups in total. The van der Waals surface area contributed by atoms with Gasteiger partial charge in [0.1, 0.15) is 0 Å². The van der Waals surface area contributed by atoms with Crippen LogP contribution in [-0.2, 0) is 4.79 Å². The maximum absolute atomic E-state index is 12.3. The van der Waals surface area contributed by atoms with Crippen LogP contribution in [0.3, 0.4) is 0 Å². The summed E-state index contributed by atoms with van der Waals surface area (Å²) in [5, 5.41) is 3.06. The Bertz CT molecular complexity index is 633. The SMILES string of the molecule is Cc1ccc(NC(=O)[C@H]2C[C@@H]2c2ccccc2)c(C)c1. The van der Waals surface area contributed by atoms with Crippen molar-refractivity contribution >= 4 is 11.6 Å². The minimum Gasteiger partial charge on any atom is -0.326 e. The normalized spacial score (nSPS) is 20.5. The second-order valence-corrected chi connectivity index (χ2v) is 5.67. The number of carbonyl (C=O) groups is 1. The molecule has 0 spiro atoms. The van der Waals surface area contributed by atoms with Crippen LogP contribution >= 0.6 is 0 Å². The minimum absolute atomic E-state index is 0.123. The Morgan fingerprint density at radius 1 is 1.10 bits per heavy atom. The van der Waals surface area contributed by atoms with Crippen LogP contribution in [0.4, 0.5) is 5.69 Å². The molecular weight excluding hydrogens is 246 g/mol. The summed E-state index contributed by atoms with van der Waals surface area (Å²) in [4.78, 5) is 12.3. The third-order valence-electron chi connectivity index (χ3n) is 3.99. The van der Waals surface area contributed by atoms with Crippen molar-refractivity contribution in [1.82, 2.24) is 0 Å². The molecule has 0 bridgehead atoms. The minimum atomic E-state index is 0.123. The maximum Gasteiger partial charge on any atom is 0.228 e. The monoisotopic (exact) mass is 265 g/mol. The van der Waals surface area contributed by atoms with Crippen molar-refractivity contribution in [2.75, 3.05) is 5.32 Å². The lowest BCUT2D eigenvalue weighted by molar-refractivity contribution is -0.117. The van der Waals surface area contributed by atoms with Crippen molar-refractivity contribution in [3.63, 3.8) is 0 Å². The van der Waals surface area contributed by atoms with Crippen LogP contribution < -0.4 is 5.32 Å². The van der Waals surface area contributed by atoms with E-state index in [1.54, 1.807) is 0 Å². The number of benzene rings is 2. The molecule has 3 rings (SSSR count). The first-order valence-corrected chi connectivity index (χ1v) is 7.08. The highest BCUT2D eigenvalue weighted by molar-refractivity contribution is 5.95. The van der Waals surface area contributed by atoms with Crippen LogP contribution in [0.15, 0.2) is 48.5 Å². The van der Waals surface area contributed by atoms with Gasteiger partial charge in [-0.2, -0.15) is 0 Å². The second kappa shape index (κ2) is 5.12. The summed E-state index contributed by atoms with van der Waals surface area (Å²) < 4.78 is 0. The Balaban J connectivity index is 1.67. The fourth-order valence-corrected chi connectivity index (χ4v) is 2.73. The van der Waals surface area contributed by atoms with E-state index in [2.05, 4.69) is 30.4 Å². The maximum atomic E-state index is 12.3. The van der Waals surface area contributed by atoms with E-state index in [9.17, 15) is 4.79 Å². The predicted molar refractivity (Wildman–Crippen MR) is 81.8 cm³/mol. The molecule has 2 aromatic rings. The first kappa shape index (κ1) is 12.9. The van der Waals surface area contributed by atoms with Gasteiger partial charge in [-0.15, -0.1) is 0 Å². The number of rotatable bonds is 3. The van der Waals surface area contributed by atoms with E-state index in [1.807, 2.05) is 37.3 Å². The lowest BCUT2D eigenvalue weighted by atomic mass is 10.1. The van der Waals surface area contributed by atoms with Gasteiger partial charge in [0.25, 0.3) is 0 Å². The van der Waals surface area contributed by atoms with Gasteiger partial charge in [-0.25, -0.2) is 0 Å². The van der Waals surface area contributed by atoms with Crippen molar-refractivity contribution in [2.45, 2.75) is 26.2 Å². The fourth-order valence-electron chi connectivity index (χ4n) is 2.73. The van der Waals surface area contributed by atoms with Crippen LogP contribution in [0.1, 0.15) is 29.0 Å². The number of anilines is 1. The number of hydrogen-bond acceptors (Lipinski definition) is 1. The lowest BCUT2D eigenvalue weighted by Crippen LogP contribution is -2.15. The van der Waals surface area contributed by atoms with E-state index in [-0.39, 0.29) is 11.8 Å². The van der Waals surface area contributed by atoms with Crippen molar-refractivity contribution in [3.8, 4) is 0 Å². The van der Waals surface area contributed by atoms with Gasteiger partial charge in [-0.1, -0.05) is 48.0 Å². The van der Waals surface area contributed by atoms with Crippen LogP contribution in [0.25, 0.3) is 0 Å². The molecule has 1 aliphatic rings. The van der Waals surface area contributed by atoms with E-state index in [0.29, 0.717) is 5.92 Å². The van der Waals surface area contributed by atoms with Gasteiger partial charge >= 0.3 is 0 Å². The van der Waals surface area contributed by atoms with Crippen molar-refractivity contribution in [3.05, 3.63) is 65.2 Å². The van der Waals surface area contributed by atoms with Crippen molar-refractivity contribution in [2.24, 2.45) is 5.92 Å². The fraction of sp³-hybridized carbons (Fsp3) is 0.278. The first-order valence-electron chi connectivity index (χ1n) is 7.08. The molecule has 20 heavy (non-hydrogen) atoms. The summed E-state index contributed by atoms with van der Waals surface area (Å²) in [6.07, 6.45) is 0.959. The van der Waals surface area contributed by atoms with Crippen molar-refractivity contribution in [1.29, 1.82) is 0 Å². The molecule has 2 nitrogen and oxygen atoms in total. The number of hydrogen-bond donors (Lipinski definition) is 1. The molecule has 2 aromatic carbocycles. The van der Waals surface area contributed by atoms with E-state index in [0.717, 1.165) is 17.7 Å². The molecule has 0 unspecified atom stereocenters. The quantitative estimate of drug-likeness (QED) is 0.891. The summed E-state index contributed by atoms with van der Waals surface area (Å²) in [6, 6.07) is 16.4. The molecule has 2 heteroatoms. The first-order chi connectivity index (χ1) is 9.65. The summed E-state index contributed by atoms with van der Waals surface area (Å²) in [7, 11) is 0. The van der Waals surface area contributed by atoms with E-state index >= 15 is 0 Å². The molecule has 1 aliphatic carbocycles. The number of amides is 1. The van der Waals surface area contributed by atoms with Gasteiger partial charge in [-0.05, 0) is 43.4 Å². The Hall–Kier alpha value is -2.09. The molecule has 0 aromatic heterocycles. The van der Waals surface area contributed by atoms with E-state index < -0.39 is 0 Å². The Labute approximate surface area is 119 Å². The Morgan fingerprint density at radius 3 is 2.55 bits per heavy atom. The predicted octanol–water partition coefficient (Wildman–Crippen LogP) is 4.05. The Morgan fingerprint density at radius 2 is 1.85 bits per heavy atom. The topological polar surface area (TPSA) is 29.1 Å². The zero-order valence-electron chi connectivity index (χ0n) is 11.9. The zero-order valence-corrected chi connectivity index (χ0v) is 11.9. The van der Waals surface area contributed by atoms with E-state index in [1.165, 1.54) is 11.1 Å². The third-order valence-corrected chi connectivity index (χ3v) is 3.99.